The first-order valence-electron chi connectivity index (χ1n) is 16.5. The number of carbonyl (C=O) groups excluding carboxylic acids is 4. The fourth-order valence-corrected chi connectivity index (χ4v) is 5.86. The van der Waals surface area contributed by atoms with Crippen molar-refractivity contribution in [2.45, 2.75) is 121 Å². The molecule has 0 heterocycles. The maximum Gasteiger partial charge on any atom is 0.327 e. The third-order valence-electron chi connectivity index (χ3n) is 5.83. The molecule has 53 heavy (non-hydrogen) atoms. The number of carbonyl (C=O) groups is 8. The van der Waals surface area contributed by atoms with E-state index in [1.807, 2.05) is 62.3 Å². The summed E-state index contributed by atoms with van der Waals surface area (Å²) in [7, 11) is 0. The summed E-state index contributed by atoms with van der Waals surface area (Å²) in [6.45, 7) is 18.4. The molecule has 11 N–H and O–H groups in total. The lowest BCUT2D eigenvalue weighted by atomic mass is 9.99. The van der Waals surface area contributed by atoms with Crippen LogP contribution in [0.15, 0.2) is 0 Å². The lowest BCUT2D eigenvalue weighted by Gasteiger charge is -2.22. The van der Waals surface area contributed by atoms with Gasteiger partial charge in [-0.15, -0.1) is 0 Å². The van der Waals surface area contributed by atoms with E-state index in [-0.39, 0.29) is 51.7 Å². The van der Waals surface area contributed by atoms with E-state index in [0.717, 1.165) is 0 Å². The Morgan fingerprint density at radius 1 is 0.604 bits per heavy atom. The monoisotopic (exact) mass is 815 g/mol. The highest BCUT2D eigenvalue weighted by molar-refractivity contribution is 8.01. The van der Waals surface area contributed by atoms with Gasteiger partial charge in [-0.3, -0.25) is 33.6 Å². The van der Waals surface area contributed by atoms with Crippen LogP contribution in [0.5, 0.6) is 0 Å². The Morgan fingerprint density at radius 2 is 1.02 bits per heavy atom. The Kier molecular flexibility index (Phi) is 27.3. The van der Waals surface area contributed by atoms with Gasteiger partial charge in [0.2, 0.25) is 17.7 Å². The molecule has 4 atom stereocenters. The SMILES string of the molecule is CC(=O)NC(CSC(C)(C)C)C(=O)O.CC(C)(C)SCC(CC(=O)CCC(N)C(=O)O)C(=O)NCC(=O)O.CC(C)(C)SCC(N)C(=O)NCC(=O)O. The molecule has 0 aliphatic carbocycles. The number of nitrogens with two attached hydrogens (primary N) is 2. The van der Waals surface area contributed by atoms with E-state index in [1.54, 1.807) is 11.8 Å². The largest absolute Gasteiger partial charge is 0.480 e. The second-order valence-electron chi connectivity index (χ2n) is 14.6. The van der Waals surface area contributed by atoms with E-state index in [9.17, 15) is 38.4 Å². The first-order chi connectivity index (χ1) is 23.9. The molecule has 308 valence electrons. The lowest BCUT2D eigenvalue weighted by molar-refractivity contribution is -0.141. The number of nitrogens with one attached hydrogen (secondary N) is 3. The summed E-state index contributed by atoms with van der Waals surface area (Å²) in [5.74, 6) is -5.33. The molecule has 0 aliphatic rings. The van der Waals surface area contributed by atoms with Gasteiger partial charge in [-0.05, 0) is 6.42 Å². The zero-order valence-corrected chi connectivity index (χ0v) is 34.9. The fourth-order valence-electron chi connectivity index (χ4n) is 3.16. The quantitative estimate of drug-likeness (QED) is 0.0844. The van der Waals surface area contributed by atoms with Crippen LogP contribution in [0.2, 0.25) is 0 Å². The van der Waals surface area contributed by atoms with Crippen LogP contribution in [-0.4, -0.2) is 131 Å². The van der Waals surface area contributed by atoms with Crippen molar-refractivity contribution in [3.63, 3.8) is 0 Å². The van der Waals surface area contributed by atoms with Gasteiger partial charge in [-0.1, -0.05) is 62.3 Å². The Hall–Kier alpha value is -3.07. The van der Waals surface area contributed by atoms with Gasteiger partial charge < -0.3 is 47.8 Å². The number of Topliss-reactive ketones (excluding diaryl/α,β-unsaturated/α-hetero) is 1. The average Bonchev–Trinajstić information content (AvgIpc) is 2.99. The van der Waals surface area contributed by atoms with Crippen molar-refractivity contribution >= 4 is 82.7 Å². The highest BCUT2D eigenvalue weighted by atomic mass is 32.2. The Bertz CT molecular complexity index is 1220. The van der Waals surface area contributed by atoms with E-state index in [1.165, 1.54) is 30.4 Å². The maximum atomic E-state index is 12.1. The zero-order chi connectivity index (χ0) is 42.3. The molecule has 0 aromatic rings. The van der Waals surface area contributed by atoms with Crippen molar-refractivity contribution in [3.05, 3.63) is 0 Å². The normalized spacial score (nSPS) is 13.6. The number of hydrogen-bond donors (Lipinski definition) is 9. The standard InChI is InChI=1S/C15H26N2O6S.C9H18N2O3S.C9H17NO3S/c1-15(2,3)24-8-9(13(21)17-7-12(19)20)6-10(18)4-5-11(16)14(22)23;1-9(2,3)15-5-6(10)8(14)11-4-7(12)13;1-6(11)10-7(8(12)13)5-14-9(2,3)4/h9,11H,4-8,16H2,1-3H3,(H,17,21)(H,19,20)(H,22,23);6H,4-5,10H2,1-3H3,(H,11,14)(H,12,13);7H,5H2,1-4H3,(H,10,11)(H,12,13). The topological polar surface area (TPSA) is 306 Å². The second-order valence-corrected chi connectivity index (χ2v) is 20.2. The first kappa shape index (κ1) is 54.3. The number of aliphatic carboxylic acids is 4. The summed E-state index contributed by atoms with van der Waals surface area (Å²) < 4.78 is -0.0586. The molecule has 0 saturated heterocycles. The number of carboxylic acid groups (broad SMARTS) is 4. The highest BCUT2D eigenvalue weighted by Gasteiger charge is 2.26. The number of amides is 3. The molecule has 3 amide bonds. The smallest absolute Gasteiger partial charge is 0.327 e. The number of thioether (sulfide) groups is 3. The van der Waals surface area contributed by atoms with Crippen molar-refractivity contribution in [1.29, 1.82) is 0 Å². The minimum Gasteiger partial charge on any atom is -0.480 e. The van der Waals surface area contributed by atoms with Gasteiger partial charge in [-0.25, -0.2) is 4.79 Å². The van der Waals surface area contributed by atoms with E-state index < -0.39 is 66.3 Å². The molecular formula is C33H61N5O12S3. The van der Waals surface area contributed by atoms with Crippen LogP contribution in [0.4, 0.5) is 0 Å². The molecule has 0 rings (SSSR count). The third-order valence-corrected chi connectivity index (χ3v) is 10.0. The summed E-state index contributed by atoms with van der Waals surface area (Å²) in [5, 5.41) is 41.4. The summed E-state index contributed by atoms with van der Waals surface area (Å²) in [6, 6.07) is -2.57. The average molecular weight is 816 g/mol. The van der Waals surface area contributed by atoms with Gasteiger partial charge in [0, 0.05) is 51.3 Å². The van der Waals surface area contributed by atoms with Gasteiger partial charge in [0.15, 0.2) is 0 Å². The molecule has 0 fully saturated rings. The summed E-state index contributed by atoms with van der Waals surface area (Å²) in [5.41, 5.74) is 10.9. The Balaban J connectivity index is -0.000000747. The van der Waals surface area contributed by atoms with Crippen molar-refractivity contribution in [3.8, 4) is 0 Å². The zero-order valence-electron chi connectivity index (χ0n) is 32.4. The van der Waals surface area contributed by atoms with E-state index >= 15 is 0 Å². The fraction of sp³-hybridized carbons (Fsp3) is 0.758. The van der Waals surface area contributed by atoms with E-state index in [0.29, 0.717) is 17.3 Å². The Labute approximate surface area is 325 Å². The van der Waals surface area contributed by atoms with E-state index in [4.69, 9.17) is 31.9 Å². The third kappa shape index (κ3) is 37.1. The molecule has 0 bridgehead atoms. The molecular weight excluding hydrogens is 755 g/mol. The van der Waals surface area contributed by atoms with Crippen molar-refractivity contribution in [2.24, 2.45) is 17.4 Å². The highest BCUT2D eigenvalue weighted by Crippen LogP contribution is 2.27. The number of hydrogen-bond acceptors (Lipinski definition) is 13. The predicted octanol–water partition coefficient (Wildman–Crippen LogP) is 1.64. The molecule has 0 radical (unpaired) electrons. The predicted molar refractivity (Wildman–Crippen MR) is 209 cm³/mol. The molecule has 4 unspecified atom stereocenters. The molecule has 0 aromatic carbocycles. The van der Waals surface area contributed by atoms with Gasteiger partial charge >= 0.3 is 23.9 Å². The van der Waals surface area contributed by atoms with Crippen LogP contribution in [-0.2, 0) is 38.4 Å². The Morgan fingerprint density at radius 3 is 1.40 bits per heavy atom. The molecule has 0 aliphatic heterocycles. The van der Waals surface area contributed by atoms with E-state index in [2.05, 4.69) is 16.0 Å². The van der Waals surface area contributed by atoms with Crippen molar-refractivity contribution in [1.82, 2.24) is 16.0 Å². The van der Waals surface area contributed by atoms with Crippen molar-refractivity contribution < 1.29 is 58.8 Å². The molecule has 0 saturated carbocycles. The molecule has 17 nitrogen and oxygen atoms in total. The van der Waals surface area contributed by atoms with Gasteiger partial charge in [-0.2, -0.15) is 35.3 Å². The summed E-state index contributed by atoms with van der Waals surface area (Å²) in [4.78, 5) is 88.1. The number of ketones is 1. The van der Waals surface area contributed by atoms with Gasteiger partial charge in [0.25, 0.3) is 0 Å². The van der Waals surface area contributed by atoms with Crippen molar-refractivity contribution in [2.75, 3.05) is 30.3 Å². The summed E-state index contributed by atoms with van der Waals surface area (Å²) >= 11 is 4.58. The molecule has 0 spiro atoms. The van der Waals surface area contributed by atoms with Crippen LogP contribution in [0.3, 0.4) is 0 Å². The lowest BCUT2D eigenvalue weighted by Crippen LogP contribution is -2.44. The van der Waals surface area contributed by atoms with Gasteiger partial charge in [0.05, 0.1) is 12.0 Å². The minimum atomic E-state index is -1.18. The van der Waals surface area contributed by atoms with Crippen LogP contribution in [0.25, 0.3) is 0 Å². The van der Waals surface area contributed by atoms with Crippen LogP contribution in [0, 0.1) is 5.92 Å². The molecule has 20 heteroatoms. The van der Waals surface area contributed by atoms with Crippen LogP contribution in [0.1, 0.15) is 88.5 Å². The minimum absolute atomic E-state index is 0.00401. The second kappa shape index (κ2) is 26.7. The number of rotatable bonds is 20. The summed E-state index contributed by atoms with van der Waals surface area (Å²) in [6.07, 6.45) is -0.0960. The van der Waals surface area contributed by atoms with Crippen LogP contribution < -0.4 is 27.4 Å². The van der Waals surface area contributed by atoms with Gasteiger partial charge in [0.1, 0.15) is 31.0 Å². The van der Waals surface area contributed by atoms with Crippen LogP contribution >= 0.6 is 35.3 Å². The number of carboxylic acids is 4. The maximum absolute atomic E-state index is 12.1. The molecule has 0 aromatic heterocycles. The first-order valence-corrected chi connectivity index (χ1v) is 19.5.